The van der Waals surface area contributed by atoms with E-state index in [1.54, 1.807) is 0 Å². The molecule has 0 aliphatic carbocycles. The van der Waals surface area contributed by atoms with Gasteiger partial charge in [-0.1, -0.05) is 0 Å². The highest BCUT2D eigenvalue weighted by molar-refractivity contribution is 6.14. The van der Waals surface area contributed by atoms with Crippen molar-refractivity contribution in [1.29, 1.82) is 0 Å². The molecule has 7 heteroatoms. The van der Waals surface area contributed by atoms with Crippen molar-refractivity contribution in [2.45, 2.75) is 0 Å². The first kappa shape index (κ1) is 12.0. The summed E-state index contributed by atoms with van der Waals surface area (Å²) in [5, 5.41) is 9.33. The summed E-state index contributed by atoms with van der Waals surface area (Å²) in [5.74, 6) is -0.254. The summed E-state index contributed by atoms with van der Waals surface area (Å²) < 4.78 is 5.30. The highest BCUT2D eigenvalue weighted by Crippen LogP contribution is 2.34. The lowest BCUT2D eigenvalue weighted by Gasteiger charge is -1.98. The summed E-state index contributed by atoms with van der Waals surface area (Å²) in [4.78, 5) is 38.8. The van der Waals surface area contributed by atoms with Crippen LogP contribution in [0.1, 0.15) is 15.9 Å². The molecule has 2 aromatic rings. The molecule has 0 bridgehead atoms. The zero-order valence-corrected chi connectivity index (χ0v) is 9.97. The van der Waals surface area contributed by atoms with Gasteiger partial charge in [-0.05, 0) is 18.2 Å². The Bertz CT molecular complexity index is 860. The second-order valence-electron chi connectivity index (χ2n) is 4.15. The number of nitrogens with one attached hydrogen (secondary N) is 2. The fourth-order valence-electron chi connectivity index (χ4n) is 1.84. The van der Waals surface area contributed by atoms with Crippen molar-refractivity contribution in [3.8, 4) is 11.5 Å². The minimum atomic E-state index is -0.635. The molecule has 1 aliphatic rings. The van der Waals surface area contributed by atoms with Crippen LogP contribution >= 0.6 is 0 Å². The molecule has 0 spiro atoms. The first-order valence-electron chi connectivity index (χ1n) is 5.64. The monoisotopic (exact) mass is 272 g/mol. The number of fused-ring (bicyclic) bond motifs is 1. The van der Waals surface area contributed by atoms with E-state index in [1.165, 1.54) is 30.5 Å². The van der Waals surface area contributed by atoms with Gasteiger partial charge in [0.1, 0.15) is 11.5 Å². The van der Waals surface area contributed by atoms with E-state index in [-0.39, 0.29) is 22.8 Å². The second kappa shape index (κ2) is 4.23. The molecule has 20 heavy (non-hydrogen) atoms. The molecule has 0 fully saturated rings. The van der Waals surface area contributed by atoms with Gasteiger partial charge in [-0.3, -0.25) is 14.6 Å². The van der Waals surface area contributed by atoms with E-state index in [1.807, 2.05) is 4.98 Å². The Labute approximate surface area is 111 Å². The third-order valence-electron chi connectivity index (χ3n) is 2.79. The molecule has 7 nitrogen and oxygen atoms in total. The third-order valence-corrected chi connectivity index (χ3v) is 2.79. The molecular formula is C13H8N2O5. The molecule has 0 amide bonds. The van der Waals surface area contributed by atoms with Crippen LogP contribution < -0.4 is 16.0 Å². The van der Waals surface area contributed by atoms with Crippen LogP contribution in [0.5, 0.6) is 11.5 Å². The number of hydrogen-bond acceptors (Lipinski definition) is 5. The smallest absolute Gasteiger partial charge is 0.325 e. The van der Waals surface area contributed by atoms with Gasteiger partial charge in [0.2, 0.25) is 5.78 Å². The Morgan fingerprint density at radius 3 is 2.75 bits per heavy atom. The number of aromatic amines is 2. The van der Waals surface area contributed by atoms with Crippen molar-refractivity contribution >= 4 is 11.9 Å². The van der Waals surface area contributed by atoms with Crippen molar-refractivity contribution in [3.05, 3.63) is 62.1 Å². The Morgan fingerprint density at radius 2 is 2.00 bits per heavy atom. The van der Waals surface area contributed by atoms with Gasteiger partial charge in [0.25, 0.3) is 5.56 Å². The van der Waals surface area contributed by atoms with Gasteiger partial charge in [-0.25, -0.2) is 4.79 Å². The highest BCUT2D eigenvalue weighted by atomic mass is 16.5. The maximum absolute atomic E-state index is 12.0. The molecule has 0 unspecified atom stereocenters. The van der Waals surface area contributed by atoms with Crippen molar-refractivity contribution < 1.29 is 14.6 Å². The van der Waals surface area contributed by atoms with Gasteiger partial charge < -0.3 is 14.8 Å². The second-order valence-corrected chi connectivity index (χ2v) is 4.15. The molecule has 0 saturated heterocycles. The lowest BCUT2D eigenvalue weighted by atomic mass is 10.1. The van der Waals surface area contributed by atoms with Crippen LogP contribution in [0.3, 0.4) is 0 Å². The topological polar surface area (TPSA) is 112 Å². The van der Waals surface area contributed by atoms with Crippen LogP contribution in [0, 0.1) is 0 Å². The molecule has 0 radical (unpaired) electrons. The predicted molar refractivity (Wildman–Crippen MR) is 68.7 cm³/mol. The van der Waals surface area contributed by atoms with Gasteiger partial charge in [-0.2, -0.15) is 0 Å². The number of aromatic nitrogens is 2. The van der Waals surface area contributed by atoms with Gasteiger partial charge in [-0.15, -0.1) is 0 Å². The highest BCUT2D eigenvalue weighted by Gasteiger charge is 2.27. The van der Waals surface area contributed by atoms with Crippen LogP contribution in [-0.2, 0) is 0 Å². The van der Waals surface area contributed by atoms with Gasteiger partial charge in [0.05, 0.1) is 11.1 Å². The van der Waals surface area contributed by atoms with Crippen molar-refractivity contribution in [3.63, 3.8) is 0 Å². The molecule has 2 heterocycles. The normalized spacial score (nSPS) is 15.2. The summed E-state index contributed by atoms with van der Waals surface area (Å²) in [6, 6.07) is 4.12. The van der Waals surface area contributed by atoms with E-state index >= 15 is 0 Å². The summed E-state index contributed by atoms with van der Waals surface area (Å²) in [7, 11) is 0. The zero-order valence-electron chi connectivity index (χ0n) is 9.97. The largest absolute Gasteiger partial charge is 0.508 e. The van der Waals surface area contributed by atoms with E-state index in [4.69, 9.17) is 4.74 Å². The maximum Gasteiger partial charge on any atom is 0.325 e. The lowest BCUT2D eigenvalue weighted by molar-refractivity contribution is 0.101. The first-order valence-corrected chi connectivity index (χ1v) is 5.64. The van der Waals surface area contributed by atoms with E-state index < -0.39 is 17.0 Å². The number of rotatable bonds is 1. The Morgan fingerprint density at radius 1 is 1.20 bits per heavy atom. The summed E-state index contributed by atoms with van der Waals surface area (Å²) in [6.45, 7) is 0. The first-order chi connectivity index (χ1) is 9.54. The summed E-state index contributed by atoms with van der Waals surface area (Å²) in [6.07, 6.45) is 2.42. The van der Waals surface area contributed by atoms with Crippen molar-refractivity contribution in [2.75, 3.05) is 0 Å². The van der Waals surface area contributed by atoms with Crippen molar-refractivity contribution in [2.24, 2.45) is 0 Å². The van der Waals surface area contributed by atoms with Gasteiger partial charge in [0, 0.05) is 12.3 Å². The number of aromatic hydroxyl groups is 1. The molecule has 1 aliphatic heterocycles. The van der Waals surface area contributed by atoms with Crippen LogP contribution in [0.25, 0.3) is 6.08 Å². The third kappa shape index (κ3) is 1.91. The number of phenols is 1. The number of allylic oxidation sites excluding steroid dienone is 1. The van der Waals surface area contributed by atoms with E-state index in [9.17, 15) is 19.5 Å². The number of Topliss-reactive ketones (excluding diaryl/α,β-unsaturated/α-hetero) is 1. The zero-order chi connectivity index (χ0) is 14.3. The Balaban J connectivity index is 2.05. The van der Waals surface area contributed by atoms with E-state index in [2.05, 4.69) is 4.98 Å². The van der Waals surface area contributed by atoms with Crippen molar-refractivity contribution in [1.82, 2.24) is 9.97 Å². The molecule has 100 valence electrons. The standard InChI is InChI=1S/C13H8N2O5/c16-7-1-2-8-9(4-7)20-10(11(8)17)3-6-5-14-13(19)15-12(6)18/h1-5,16H,(H2,14,15,18,19)/b10-3-. The Kier molecular flexibility index (Phi) is 2.53. The molecule has 3 N–H and O–H groups in total. The van der Waals surface area contributed by atoms with Gasteiger partial charge in [0.15, 0.2) is 5.76 Å². The fraction of sp³-hybridized carbons (Fsp3) is 0. The van der Waals surface area contributed by atoms with Crippen LogP contribution in [0.4, 0.5) is 0 Å². The van der Waals surface area contributed by atoms with E-state index in [0.717, 1.165) is 0 Å². The molecule has 1 aromatic heterocycles. The number of phenolic OH excluding ortho intramolecular Hbond substituents is 1. The average Bonchev–Trinajstić information content (AvgIpc) is 2.69. The van der Waals surface area contributed by atoms with Gasteiger partial charge >= 0.3 is 5.69 Å². The SMILES string of the molecule is O=C1/C(=C/c2c[nH]c(=O)[nH]c2=O)Oc2cc(O)ccc21. The van der Waals surface area contributed by atoms with Crippen LogP contribution in [0.15, 0.2) is 39.7 Å². The molecular weight excluding hydrogens is 264 g/mol. The molecule has 0 saturated carbocycles. The number of ether oxygens (including phenoxy) is 1. The number of hydrogen-bond donors (Lipinski definition) is 3. The van der Waals surface area contributed by atoms with E-state index in [0.29, 0.717) is 5.56 Å². The average molecular weight is 272 g/mol. The minimum Gasteiger partial charge on any atom is -0.508 e. The van der Waals surface area contributed by atoms with Crippen LogP contribution in [0.2, 0.25) is 0 Å². The fourth-order valence-corrected chi connectivity index (χ4v) is 1.84. The molecule has 1 aromatic carbocycles. The number of carbonyl (C=O) groups excluding carboxylic acids is 1. The predicted octanol–water partition coefficient (Wildman–Crippen LogP) is 0.385. The number of ketones is 1. The minimum absolute atomic E-state index is 0.0281. The lowest BCUT2D eigenvalue weighted by Crippen LogP contribution is -2.23. The van der Waals surface area contributed by atoms with Crippen LogP contribution in [-0.4, -0.2) is 20.9 Å². The number of carbonyl (C=O) groups is 1. The molecule has 0 atom stereocenters. The Hall–Kier alpha value is -3.09. The molecule has 3 rings (SSSR count). The summed E-state index contributed by atoms with van der Waals surface area (Å²) >= 11 is 0. The quantitative estimate of drug-likeness (QED) is 0.650. The summed E-state index contributed by atoms with van der Waals surface area (Å²) in [5.41, 5.74) is -0.875. The number of H-pyrrole nitrogens is 2. The maximum atomic E-state index is 12.0. The number of benzene rings is 1.